The summed E-state index contributed by atoms with van der Waals surface area (Å²) in [6.45, 7) is 0.923. The van der Waals surface area contributed by atoms with Gasteiger partial charge in [0.1, 0.15) is 23.3 Å². The number of nitrogens with zero attached hydrogens (tertiary/aromatic N) is 4. The zero-order chi connectivity index (χ0) is 18.2. The summed E-state index contributed by atoms with van der Waals surface area (Å²) in [6, 6.07) is 8.61. The summed E-state index contributed by atoms with van der Waals surface area (Å²) >= 11 is 0. The minimum Gasteiger partial charge on any atom is -0.385 e. The lowest BCUT2D eigenvalue weighted by molar-refractivity contribution is 0.336. The molecule has 27 heavy (non-hydrogen) atoms. The molecule has 0 aliphatic heterocycles. The van der Waals surface area contributed by atoms with Gasteiger partial charge in [0.25, 0.3) is 0 Å². The first-order valence-corrected chi connectivity index (χ1v) is 9.44. The van der Waals surface area contributed by atoms with E-state index in [1.807, 2.05) is 12.3 Å². The monoisotopic (exact) mass is 364 g/mol. The minimum absolute atomic E-state index is 0.200. The summed E-state index contributed by atoms with van der Waals surface area (Å²) in [7, 11) is 0. The molecule has 3 aromatic heterocycles. The van der Waals surface area contributed by atoms with Crippen molar-refractivity contribution in [3.63, 3.8) is 0 Å². The zero-order valence-electron chi connectivity index (χ0n) is 14.9. The molecule has 138 valence electrons. The highest BCUT2D eigenvalue weighted by Gasteiger charge is 2.26. The molecular weight excluding hydrogens is 343 g/mol. The molecule has 6 nitrogen and oxygen atoms in total. The van der Waals surface area contributed by atoms with Crippen molar-refractivity contribution in [2.75, 3.05) is 11.9 Å². The zero-order valence-corrected chi connectivity index (χ0v) is 14.9. The Hall–Kier alpha value is -2.96. The van der Waals surface area contributed by atoms with E-state index in [0.29, 0.717) is 11.8 Å². The van der Waals surface area contributed by atoms with E-state index >= 15 is 0 Å². The number of hydrogen-bond donors (Lipinski definition) is 2. The van der Waals surface area contributed by atoms with Crippen LogP contribution in [0.4, 0.5) is 10.1 Å². The third-order valence-corrected chi connectivity index (χ3v) is 5.67. The van der Waals surface area contributed by atoms with Crippen molar-refractivity contribution in [2.45, 2.75) is 31.6 Å². The Morgan fingerprint density at radius 3 is 2.74 bits per heavy atom. The van der Waals surface area contributed by atoms with E-state index < -0.39 is 0 Å². The Morgan fingerprint density at radius 1 is 1.11 bits per heavy atom. The fourth-order valence-electron chi connectivity index (χ4n) is 4.16. The van der Waals surface area contributed by atoms with Crippen LogP contribution in [0.5, 0.6) is 0 Å². The van der Waals surface area contributed by atoms with Crippen molar-refractivity contribution in [3.05, 3.63) is 54.4 Å². The molecule has 1 aliphatic rings. The maximum Gasteiger partial charge on any atom is 0.141 e. The molecule has 1 fully saturated rings. The first-order valence-electron chi connectivity index (χ1n) is 9.44. The average molecular weight is 364 g/mol. The number of aromatic amines is 1. The third-order valence-electron chi connectivity index (χ3n) is 5.67. The fourth-order valence-corrected chi connectivity index (χ4v) is 4.16. The van der Waals surface area contributed by atoms with Crippen LogP contribution in [0.25, 0.3) is 16.6 Å². The maximum atomic E-state index is 13.0. The highest BCUT2D eigenvalue weighted by atomic mass is 19.1. The largest absolute Gasteiger partial charge is 0.385 e. The van der Waals surface area contributed by atoms with Gasteiger partial charge in [-0.3, -0.25) is 0 Å². The van der Waals surface area contributed by atoms with Gasteiger partial charge < -0.3 is 10.3 Å². The smallest absolute Gasteiger partial charge is 0.141 e. The van der Waals surface area contributed by atoms with E-state index in [1.165, 1.54) is 12.1 Å². The van der Waals surface area contributed by atoms with Gasteiger partial charge in [0, 0.05) is 29.7 Å². The summed E-state index contributed by atoms with van der Waals surface area (Å²) in [5.74, 6) is 0.862. The highest BCUT2D eigenvalue weighted by molar-refractivity contribution is 5.92. The van der Waals surface area contributed by atoms with Crippen LogP contribution in [-0.4, -0.2) is 31.3 Å². The molecule has 4 aromatic rings. The lowest BCUT2D eigenvalue weighted by atomic mass is 9.80. The van der Waals surface area contributed by atoms with Crippen LogP contribution in [-0.2, 0) is 0 Å². The summed E-state index contributed by atoms with van der Waals surface area (Å²) in [5.41, 5.74) is 4.02. The minimum atomic E-state index is -0.200. The molecule has 0 atom stereocenters. The van der Waals surface area contributed by atoms with E-state index in [0.717, 1.165) is 60.2 Å². The maximum absolute atomic E-state index is 13.0. The van der Waals surface area contributed by atoms with Crippen LogP contribution in [0, 0.1) is 11.7 Å². The first kappa shape index (κ1) is 16.2. The van der Waals surface area contributed by atoms with Crippen LogP contribution in [0.2, 0.25) is 0 Å². The first-order chi connectivity index (χ1) is 13.3. The Morgan fingerprint density at radius 2 is 1.93 bits per heavy atom. The molecule has 0 spiro atoms. The number of aromatic nitrogens is 5. The van der Waals surface area contributed by atoms with E-state index in [4.69, 9.17) is 0 Å². The predicted octanol–water partition coefficient (Wildman–Crippen LogP) is 4.13. The van der Waals surface area contributed by atoms with Gasteiger partial charge in [-0.1, -0.05) is 5.21 Å². The number of benzene rings is 1. The molecular formula is C20H21FN6. The van der Waals surface area contributed by atoms with E-state index in [1.54, 1.807) is 23.0 Å². The molecule has 1 saturated carbocycles. The quantitative estimate of drug-likeness (QED) is 0.571. The fraction of sp³-hybridized carbons (Fsp3) is 0.350. The van der Waals surface area contributed by atoms with Crippen molar-refractivity contribution in [1.29, 1.82) is 0 Å². The number of halogens is 1. The van der Waals surface area contributed by atoms with Crippen LogP contribution < -0.4 is 5.32 Å². The van der Waals surface area contributed by atoms with Crippen LogP contribution in [0.15, 0.2) is 42.9 Å². The molecule has 0 saturated heterocycles. The number of nitrogens with one attached hydrogen (secondary N) is 2. The summed E-state index contributed by atoms with van der Waals surface area (Å²) in [5, 5.41) is 13.3. The van der Waals surface area contributed by atoms with E-state index in [-0.39, 0.29) is 5.82 Å². The van der Waals surface area contributed by atoms with Gasteiger partial charge in [-0.25, -0.2) is 13.9 Å². The summed E-state index contributed by atoms with van der Waals surface area (Å²) in [6.07, 6.45) is 8.16. The molecule has 1 aliphatic carbocycles. The Bertz CT molecular complexity index is 1060. The molecule has 2 N–H and O–H groups in total. The average Bonchev–Trinajstić information content (AvgIpc) is 3.34. The number of hydrogen-bond acceptors (Lipinski definition) is 4. The second-order valence-corrected chi connectivity index (χ2v) is 7.36. The summed E-state index contributed by atoms with van der Waals surface area (Å²) in [4.78, 5) is 7.53. The molecule has 7 heteroatoms. The molecule has 3 heterocycles. The molecule has 0 amide bonds. The van der Waals surface area contributed by atoms with Gasteiger partial charge in [-0.2, -0.15) is 0 Å². The van der Waals surface area contributed by atoms with Gasteiger partial charge in [0.2, 0.25) is 0 Å². The predicted molar refractivity (Wildman–Crippen MR) is 102 cm³/mol. The Balaban J connectivity index is 1.27. The SMILES string of the molecule is Fc1ccc(NCC2CCC(c3nnn4cnc5[nH]ccc5c34)CC2)cc1. The second-order valence-electron chi connectivity index (χ2n) is 7.36. The number of rotatable bonds is 4. The number of H-pyrrole nitrogens is 1. The van der Waals surface area contributed by atoms with Gasteiger partial charge in [-0.05, 0) is 61.9 Å². The van der Waals surface area contributed by atoms with Crippen molar-refractivity contribution in [3.8, 4) is 0 Å². The van der Waals surface area contributed by atoms with E-state index in [2.05, 4.69) is 25.6 Å². The van der Waals surface area contributed by atoms with Crippen LogP contribution in [0.3, 0.4) is 0 Å². The summed E-state index contributed by atoms with van der Waals surface area (Å²) < 4.78 is 14.8. The molecule has 0 unspecified atom stereocenters. The van der Waals surface area contributed by atoms with Crippen LogP contribution >= 0.6 is 0 Å². The van der Waals surface area contributed by atoms with Crippen molar-refractivity contribution in [1.82, 2.24) is 24.8 Å². The van der Waals surface area contributed by atoms with Gasteiger partial charge in [0.15, 0.2) is 0 Å². The standard InChI is InChI=1S/C20H21FN6/c21-15-5-7-16(8-6-15)23-11-13-1-3-14(4-2-13)18-19-17-9-10-22-20(17)24-12-27(19)26-25-18/h5-10,12-14,22-23H,1-4,11H2. The molecule has 1 aromatic carbocycles. The van der Waals surface area contributed by atoms with E-state index in [9.17, 15) is 4.39 Å². The lowest BCUT2D eigenvalue weighted by Gasteiger charge is -2.28. The number of fused-ring (bicyclic) bond motifs is 3. The van der Waals surface area contributed by atoms with Gasteiger partial charge in [-0.15, -0.1) is 5.10 Å². The van der Waals surface area contributed by atoms with Gasteiger partial charge >= 0.3 is 0 Å². The lowest BCUT2D eigenvalue weighted by Crippen LogP contribution is -2.20. The van der Waals surface area contributed by atoms with Crippen LogP contribution in [0.1, 0.15) is 37.3 Å². The molecule has 0 radical (unpaired) electrons. The second kappa shape index (κ2) is 6.64. The normalized spacial score (nSPS) is 20.3. The van der Waals surface area contributed by atoms with Crippen molar-refractivity contribution < 1.29 is 4.39 Å². The Kier molecular flexibility index (Phi) is 3.99. The van der Waals surface area contributed by atoms with Crippen molar-refractivity contribution >= 4 is 22.2 Å². The van der Waals surface area contributed by atoms with Gasteiger partial charge in [0.05, 0.1) is 5.69 Å². The topological polar surface area (TPSA) is 70.9 Å². The third kappa shape index (κ3) is 3.03. The highest BCUT2D eigenvalue weighted by Crippen LogP contribution is 2.37. The molecule has 5 rings (SSSR count). The Labute approximate surface area is 155 Å². The number of anilines is 1. The van der Waals surface area contributed by atoms with Crippen molar-refractivity contribution in [2.24, 2.45) is 5.92 Å². The molecule has 0 bridgehead atoms.